The van der Waals surface area contributed by atoms with Gasteiger partial charge in [-0.05, 0) is 26.5 Å². The molecule has 1 aliphatic heterocycles. The summed E-state index contributed by atoms with van der Waals surface area (Å²) in [5.41, 5.74) is 0.783. The highest BCUT2D eigenvalue weighted by atomic mass is 19.1. The zero-order chi connectivity index (χ0) is 15.2. The van der Waals surface area contributed by atoms with Crippen molar-refractivity contribution in [1.82, 2.24) is 15.1 Å². The first-order valence-corrected chi connectivity index (χ1v) is 8.06. The molecular weight excluding hydrogens is 265 g/mol. The Kier molecular flexibility index (Phi) is 6.15. The minimum atomic E-state index is -0.107. The third-order valence-electron chi connectivity index (χ3n) is 4.31. The molecule has 1 unspecified atom stereocenters. The van der Waals surface area contributed by atoms with Gasteiger partial charge in [-0.2, -0.15) is 0 Å². The molecule has 0 saturated carbocycles. The third kappa shape index (κ3) is 4.50. The summed E-state index contributed by atoms with van der Waals surface area (Å²) < 4.78 is 14.0. The first-order chi connectivity index (χ1) is 10.1. The van der Waals surface area contributed by atoms with Gasteiger partial charge < -0.3 is 5.32 Å². The number of nitrogens with one attached hydrogen (secondary N) is 1. The summed E-state index contributed by atoms with van der Waals surface area (Å²) in [5, 5.41) is 3.43. The summed E-state index contributed by atoms with van der Waals surface area (Å²) in [6, 6.07) is 7.80. The van der Waals surface area contributed by atoms with E-state index in [0.717, 1.165) is 44.8 Å². The molecule has 21 heavy (non-hydrogen) atoms. The lowest BCUT2D eigenvalue weighted by molar-refractivity contribution is 0.101. The molecule has 0 radical (unpaired) electrons. The highest BCUT2D eigenvalue weighted by Crippen LogP contribution is 2.19. The van der Waals surface area contributed by atoms with Gasteiger partial charge in [-0.3, -0.25) is 9.80 Å². The second-order valence-electron chi connectivity index (χ2n) is 6.06. The van der Waals surface area contributed by atoms with E-state index in [2.05, 4.69) is 35.9 Å². The molecule has 3 nitrogen and oxygen atoms in total. The second-order valence-corrected chi connectivity index (χ2v) is 6.06. The molecule has 1 heterocycles. The fourth-order valence-corrected chi connectivity index (χ4v) is 3.00. The summed E-state index contributed by atoms with van der Waals surface area (Å²) in [7, 11) is 0. The summed E-state index contributed by atoms with van der Waals surface area (Å²) >= 11 is 0. The monoisotopic (exact) mass is 293 g/mol. The van der Waals surface area contributed by atoms with E-state index in [4.69, 9.17) is 0 Å². The van der Waals surface area contributed by atoms with Crippen LogP contribution in [0.2, 0.25) is 0 Å². The Morgan fingerprint density at radius 3 is 2.38 bits per heavy atom. The van der Waals surface area contributed by atoms with Gasteiger partial charge >= 0.3 is 0 Å². The van der Waals surface area contributed by atoms with Gasteiger partial charge in [-0.15, -0.1) is 0 Å². The van der Waals surface area contributed by atoms with Crippen LogP contribution in [0.4, 0.5) is 4.39 Å². The average Bonchev–Trinajstić information content (AvgIpc) is 2.48. The van der Waals surface area contributed by atoms with Gasteiger partial charge in [0, 0.05) is 50.4 Å². The summed E-state index contributed by atoms with van der Waals surface area (Å²) in [6.45, 7) is 12.6. The van der Waals surface area contributed by atoms with Crippen LogP contribution in [0.15, 0.2) is 24.3 Å². The van der Waals surface area contributed by atoms with E-state index in [1.807, 2.05) is 12.1 Å². The average molecular weight is 293 g/mol. The third-order valence-corrected chi connectivity index (χ3v) is 4.31. The minimum absolute atomic E-state index is 0.0711. The molecule has 1 fully saturated rings. The fraction of sp³-hybridized carbons (Fsp3) is 0.647. The second kappa shape index (κ2) is 7.87. The van der Waals surface area contributed by atoms with E-state index < -0.39 is 0 Å². The standard InChI is InChI=1S/C17H28FN3/c1-4-19-17(15-7-5-6-8-16(15)18)13-20-9-11-21(12-10-20)14(2)3/h5-8,14,17,19H,4,9-13H2,1-3H3. The molecule has 0 spiro atoms. The van der Waals surface area contributed by atoms with E-state index >= 15 is 0 Å². The highest BCUT2D eigenvalue weighted by Gasteiger charge is 2.23. The molecule has 1 aromatic carbocycles. The zero-order valence-corrected chi connectivity index (χ0v) is 13.5. The molecule has 1 atom stereocenters. The van der Waals surface area contributed by atoms with E-state index in [1.54, 1.807) is 12.1 Å². The number of hydrogen-bond donors (Lipinski definition) is 1. The van der Waals surface area contributed by atoms with Gasteiger partial charge in [0.15, 0.2) is 0 Å². The lowest BCUT2D eigenvalue weighted by Crippen LogP contribution is -2.50. The molecular formula is C17H28FN3. The van der Waals surface area contributed by atoms with Crippen LogP contribution in [0.1, 0.15) is 32.4 Å². The maximum absolute atomic E-state index is 14.0. The fourth-order valence-electron chi connectivity index (χ4n) is 3.00. The van der Waals surface area contributed by atoms with Crippen LogP contribution >= 0.6 is 0 Å². The van der Waals surface area contributed by atoms with E-state index in [0.29, 0.717) is 6.04 Å². The maximum Gasteiger partial charge on any atom is 0.128 e. The van der Waals surface area contributed by atoms with E-state index in [9.17, 15) is 4.39 Å². The minimum Gasteiger partial charge on any atom is -0.309 e. The van der Waals surface area contributed by atoms with Gasteiger partial charge in [0.05, 0.1) is 0 Å². The Bertz CT molecular complexity index is 428. The summed E-state index contributed by atoms with van der Waals surface area (Å²) in [6.07, 6.45) is 0. The largest absolute Gasteiger partial charge is 0.309 e. The van der Waals surface area contributed by atoms with Crippen LogP contribution < -0.4 is 5.32 Å². The Hall–Kier alpha value is -0.970. The van der Waals surface area contributed by atoms with Crippen LogP contribution in [0.25, 0.3) is 0 Å². The SMILES string of the molecule is CCNC(CN1CCN(C(C)C)CC1)c1ccccc1F. The quantitative estimate of drug-likeness (QED) is 0.869. The van der Waals surface area contributed by atoms with Crippen LogP contribution in [0.5, 0.6) is 0 Å². The number of nitrogens with zero attached hydrogens (tertiary/aromatic N) is 2. The molecule has 1 saturated heterocycles. The molecule has 1 N–H and O–H groups in total. The smallest absolute Gasteiger partial charge is 0.128 e. The summed E-state index contributed by atoms with van der Waals surface area (Å²) in [5.74, 6) is -0.107. The molecule has 0 bridgehead atoms. The Balaban J connectivity index is 1.97. The van der Waals surface area contributed by atoms with Crippen molar-refractivity contribution in [2.24, 2.45) is 0 Å². The van der Waals surface area contributed by atoms with Crippen LogP contribution in [0, 0.1) is 5.82 Å². The molecule has 0 aromatic heterocycles. The van der Waals surface area contributed by atoms with Crippen molar-refractivity contribution in [3.05, 3.63) is 35.6 Å². The summed E-state index contributed by atoms with van der Waals surface area (Å²) in [4.78, 5) is 4.94. The Morgan fingerprint density at radius 1 is 1.14 bits per heavy atom. The topological polar surface area (TPSA) is 18.5 Å². The van der Waals surface area contributed by atoms with Crippen molar-refractivity contribution in [2.45, 2.75) is 32.9 Å². The number of benzene rings is 1. The first-order valence-electron chi connectivity index (χ1n) is 8.06. The predicted molar refractivity (Wildman–Crippen MR) is 86.0 cm³/mol. The number of piperazine rings is 1. The molecule has 2 rings (SSSR count). The molecule has 1 aromatic rings. The van der Waals surface area contributed by atoms with E-state index in [1.165, 1.54) is 0 Å². The molecule has 0 amide bonds. The predicted octanol–water partition coefficient (Wildman–Crippen LogP) is 2.50. The highest BCUT2D eigenvalue weighted by molar-refractivity contribution is 5.21. The van der Waals surface area contributed by atoms with Crippen molar-refractivity contribution in [3.8, 4) is 0 Å². The van der Waals surface area contributed by atoms with Gasteiger partial charge in [0.25, 0.3) is 0 Å². The first kappa shape index (κ1) is 16.4. The molecule has 118 valence electrons. The van der Waals surface area contributed by atoms with Gasteiger partial charge in [0.2, 0.25) is 0 Å². The van der Waals surface area contributed by atoms with Crippen molar-refractivity contribution < 1.29 is 4.39 Å². The maximum atomic E-state index is 14.0. The van der Waals surface area contributed by atoms with Gasteiger partial charge in [0.1, 0.15) is 5.82 Å². The number of hydrogen-bond acceptors (Lipinski definition) is 3. The molecule has 1 aliphatic rings. The Labute approximate surface area is 128 Å². The lowest BCUT2D eigenvalue weighted by Gasteiger charge is -2.38. The number of rotatable bonds is 6. The van der Waals surface area contributed by atoms with E-state index in [-0.39, 0.29) is 11.9 Å². The van der Waals surface area contributed by atoms with Crippen LogP contribution in [-0.2, 0) is 0 Å². The number of halogens is 1. The molecule has 4 heteroatoms. The lowest BCUT2D eigenvalue weighted by atomic mass is 10.0. The normalized spacial score (nSPS) is 19.1. The van der Waals surface area contributed by atoms with Gasteiger partial charge in [-0.1, -0.05) is 25.1 Å². The van der Waals surface area contributed by atoms with Crippen molar-refractivity contribution in [3.63, 3.8) is 0 Å². The molecule has 0 aliphatic carbocycles. The van der Waals surface area contributed by atoms with Crippen molar-refractivity contribution >= 4 is 0 Å². The van der Waals surface area contributed by atoms with Crippen LogP contribution in [-0.4, -0.2) is 55.1 Å². The zero-order valence-electron chi connectivity index (χ0n) is 13.5. The number of likely N-dealkylation sites (N-methyl/N-ethyl adjacent to an activating group) is 1. The van der Waals surface area contributed by atoms with Gasteiger partial charge in [-0.25, -0.2) is 4.39 Å². The van der Waals surface area contributed by atoms with Crippen molar-refractivity contribution in [2.75, 3.05) is 39.3 Å². The Morgan fingerprint density at radius 2 is 1.81 bits per heavy atom. The van der Waals surface area contributed by atoms with Crippen molar-refractivity contribution in [1.29, 1.82) is 0 Å². The van der Waals surface area contributed by atoms with Crippen LogP contribution in [0.3, 0.4) is 0 Å².